The van der Waals surface area contributed by atoms with E-state index < -0.39 is 5.97 Å². The minimum Gasteiger partial charge on any atom is -0.482 e. The smallest absolute Gasteiger partial charge is 0.337 e. The molecule has 0 fully saturated rings. The van der Waals surface area contributed by atoms with Gasteiger partial charge in [0.2, 0.25) is 5.91 Å². The van der Waals surface area contributed by atoms with Gasteiger partial charge in [0.1, 0.15) is 12.3 Å². The molecule has 1 aliphatic rings. The van der Waals surface area contributed by atoms with Gasteiger partial charge in [-0.3, -0.25) is 14.5 Å². The van der Waals surface area contributed by atoms with E-state index >= 15 is 0 Å². The molecule has 2 aromatic carbocycles. The number of benzene rings is 2. The first kappa shape index (κ1) is 18.9. The van der Waals surface area contributed by atoms with E-state index in [1.54, 1.807) is 42.5 Å². The van der Waals surface area contributed by atoms with Crippen molar-refractivity contribution in [2.45, 2.75) is 6.54 Å². The first-order valence-electron chi connectivity index (χ1n) is 8.14. The fourth-order valence-electron chi connectivity index (χ4n) is 2.63. The summed E-state index contributed by atoms with van der Waals surface area (Å²) in [6.07, 6.45) is 0. The summed E-state index contributed by atoms with van der Waals surface area (Å²) in [5.74, 6) is -0.435. The summed E-state index contributed by atoms with van der Waals surface area (Å²) in [4.78, 5) is 37.3. The molecule has 0 saturated carbocycles. The predicted octanol–water partition coefficient (Wildman–Crippen LogP) is 2.28. The van der Waals surface area contributed by atoms with Crippen LogP contribution in [-0.2, 0) is 20.9 Å². The van der Waals surface area contributed by atoms with Crippen molar-refractivity contribution in [3.63, 3.8) is 0 Å². The van der Waals surface area contributed by atoms with Crippen molar-refractivity contribution in [3.8, 4) is 5.75 Å². The number of esters is 1. The standard InChI is InChI=1S/C19H17BrN2O5/c1-26-19(25)13-4-2-12(3-5-13)9-21-17(23)10-22-15-7-6-14(20)8-16(15)27-11-18(22)24/h2-8H,9-11H2,1H3,(H,21,23). The number of hydrogen-bond donors (Lipinski definition) is 1. The van der Waals surface area contributed by atoms with Gasteiger partial charge in [-0.05, 0) is 35.9 Å². The number of ether oxygens (including phenoxy) is 2. The molecule has 0 unspecified atom stereocenters. The summed E-state index contributed by atoms with van der Waals surface area (Å²) in [6.45, 7) is 0.0782. The zero-order valence-corrected chi connectivity index (χ0v) is 16.1. The van der Waals surface area contributed by atoms with E-state index in [9.17, 15) is 14.4 Å². The first-order valence-corrected chi connectivity index (χ1v) is 8.94. The number of nitrogens with zero attached hydrogens (tertiary/aromatic N) is 1. The maximum absolute atomic E-state index is 12.3. The van der Waals surface area contributed by atoms with Gasteiger partial charge >= 0.3 is 5.97 Å². The van der Waals surface area contributed by atoms with Crippen LogP contribution in [0.1, 0.15) is 15.9 Å². The zero-order chi connectivity index (χ0) is 19.4. The molecule has 0 atom stereocenters. The summed E-state index contributed by atoms with van der Waals surface area (Å²) in [5, 5.41) is 2.77. The van der Waals surface area contributed by atoms with Gasteiger partial charge in [0, 0.05) is 11.0 Å². The third-order valence-electron chi connectivity index (χ3n) is 4.03. The van der Waals surface area contributed by atoms with E-state index in [1.807, 2.05) is 0 Å². The van der Waals surface area contributed by atoms with E-state index in [4.69, 9.17) is 4.74 Å². The molecule has 0 radical (unpaired) electrons. The minimum atomic E-state index is -0.415. The van der Waals surface area contributed by atoms with Crippen LogP contribution in [0.25, 0.3) is 0 Å². The maximum atomic E-state index is 12.3. The van der Waals surface area contributed by atoms with Crippen molar-refractivity contribution in [2.24, 2.45) is 0 Å². The number of rotatable bonds is 5. The lowest BCUT2D eigenvalue weighted by molar-refractivity contribution is -0.125. The van der Waals surface area contributed by atoms with Gasteiger partial charge in [0.15, 0.2) is 6.61 Å². The van der Waals surface area contributed by atoms with Crippen LogP contribution in [0.2, 0.25) is 0 Å². The van der Waals surface area contributed by atoms with E-state index in [-0.39, 0.29) is 31.5 Å². The van der Waals surface area contributed by atoms with Crippen molar-refractivity contribution in [3.05, 3.63) is 58.1 Å². The molecular weight excluding hydrogens is 416 g/mol. The number of anilines is 1. The molecule has 1 heterocycles. The Morgan fingerprint density at radius 3 is 2.67 bits per heavy atom. The second kappa shape index (κ2) is 8.22. The number of carbonyl (C=O) groups excluding carboxylic acids is 3. The molecule has 7 nitrogen and oxygen atoms in total. The summed E-state index contributed by atoms with van der Waals surface area (Å²) in [6, 6.07) is 12.0. The normalized spacial score (nSPS) is 12.8. The summed E-state index contributed by atoms with van der Waals surface area (Å²) in [7, 11) is 1.32. The molecule has 27 heavy (non-hydrogen) atoms. The largest absolute Gasteiger partial charge is 0.482 e. The number of nitrogens with one attached hydrogen (secondary N) is 1. The molecule has 2 aromatic rings. The molecule has 8 heteroatoms. The van der Waals surface area contributed by atoms with Gasteiger partial charge in [-0.25, -0.2) is 4.79 Å². The number of amides is 2. The SMILES string of the molecule is COC(=O)c1ccc(CNC(=O)CN2C(=O)COc3cc(Br)ccc32)cc1. The Bertz CT molecular complexity index is 882. The summed E-state index contributed by atoms with van der Waals surface area (Å²) in [5.41, 5.74) is 1.83. The topological polar surface area (TPSA) is 84.9 Å². The molecule has 1 N–H and O–H groups in total. The average Bonchev–Trinajstić information content (AvgIpc) is 2.68. The quantitative estimate of drug-likeness (QED) is 0.732. The Labute approximate surface area is 164 Å². The number of methoxy groups -OCH3 is 1. The van der Waals surface area contributed by atoms with E-state index in [1.165, 1.54) is 12.0 Å². The Hall–Kier alpha value is -2.87. The predicted molar refractivity (Wildman–Crippen MR) is 102 cm³/mol. The minimum absolute atomic E-state index is 0.100. The molecule has 0 aliphatic carbocycles. The Morgan fingerprint density at radius 2 is 1.96 bits per heavy atom. The van der Waals surface area contributed by atoms with Crippen LogP contribution >= 0.6 is 15.9 Å². The van der Waals surface area contributed by atoms with Crippen LogP contribution < -0.4 is 15.0 Å². The van der Waals surface area contributed by atoms with Gasteiger partial charge in [-0.15, -0.1) is 0 Å². The molecular formula is C19H17BrN2O5. The molecule has 140 valence electrons. The van der Waals surface area contributed by atoms with Crippen molar-refractivity contribution < 1.29 is 23.9 Å². The Kier molecular flexibility index (Phi) is 5.75. The first-order chi connectivity index (χ1) is 13.0. The second-order valence-electron chi connectivity index (χ2n) is 5.85. The number of carbonyl (C=O) groups is 3. The highest BCUT2D eigenvalue weighted by molar-refractivity contribution is 9.10. The molecule has 3 rings (SSSR count). The zero-order valence-electron chi connectivity index (χ0n) is 14.5. The van der Waals surface area contributed by atoms with Crippen molar-refractivity contribution in [1.82, 2.24) is 5.32 Å². The van der Waals surface area contributed by atoms with Crippen molar-refractivity contribution >= 4 is 39.4 Å². The lowest BCUT2D eigenvalue weighted by Crippen LogP contribution is -2.45. The van der Waals surface area contributed by atoms with E-state index in [0.29, 0.717) is 17.0 Å². The molecule has 2 amide bonds. The van der Waals surface area contributed by atoms with Gasteiger partial charge in [-0.2, -0.15) is 0 Å². The van der Waals surface area contributed by atoms with Crippen molar-refractivity contribution in [1.29, 1.82) is 0 Å². The van der Waals surface area contributed by atoms with Crippen LogP contribution in [0.5, 0.6) is 5.75 Å². The molecule has 0 saturated heterocycles. The highest BCUT2D eigenvalue weighted by atomic mass is 79.9. The van der Waals surface area contributed by atoms with Gasteiger partial charge in [0.05, 0.1) is 18.4 Å². The third kappa shape index (κ3) is 4.46. The summed E-state index contributed by atoms with van der Waals surface area (Å²) < 4.78 is 10.9. The van der Waals surface area contributed by atoms with Gasteiger partial charge in [-0.1, -0.05) is 28.1 Å². The fraction of sp³-hybridized carbons (Fsp3) is 0.211. The molecule has 0 spiro atoms. The van der Waals surface area contributed by atoms with E-state index in [2.05, 4.69) is 26.0 Å². The van der Waals surface area contributed by atoms with Gasteiger partial charge < -0.3 is 14.8 Å². The fourth-order valence-corrected chi connectivity index (χ4v) is 2.97. The van der Waals surface area contributed by atoms with Crippen LogP contribution in [-0.4, -0.2) is 38.0 Å². The molecule has 0 bridgehead atoms. The third-order valence-corrected chi connectivity index (χ3v) is 4.52. The van der Waals surface area contributed by atoms with Crippen molar-refractivity contribution in [2.75, 3.05) is 25.2 Å². The molecule has 0 aromatic heterocycles. The van der Waals surface area contributed by atoms with Crippen LogP contribution in [0.15, 0.2) is 46.9 Å². The highest BCUT2D eigenvalue weighted by Gasteiger charge is 2.27. The second-order valence-corrected chi connectivity index (χ2v) is 6.76. The number of hydrogen-bond acceptors (Lipinski definition) is 5. The Balaban J connectivity index is 1.61. The Morgan fingerprint density at radius 1 is 1.22 bits per heavy atom. The average molecular weight is 433 g/mol. The number of halogens is 1. The maximum Gasteiger partial charge on any atom is 0.337 e. The van der Waals surface area contributed by atoms with Crippen LogP contribution in [0.4, 0.5) is 5.69 Å². The van der Waals surface area contributed by atoms with Crippen LogP contribution in [0, 0.1) is 0 Å². The lowest BCUT2D eigenvalue weighted by Gasteiger charge is -2.29. The highest BCUT2D eigenvalue weighted by Crippen LogP contribution is 2.34. The monoisotopic (exact) mass is 432 g/mol. The number of fused-ring (bicyclic) bond motifs is 1. The van der Waals surface area contributed by atoms with Gasteiger partial charge in [0.25, 0.3) is 5.91 Å². The van der Waals surface area contributed by atoms with E-state index in [0.717, 1.165) is 10.0 Å². The molecule has 1 aliphatic heterocycles. The summed E-state index contributed by atoms with van der Waals surface area (Å²) >= 11 is 3.35. The van der Waals surface area contributed by atoms with Crippen LogP contribution in [0.3, 0.4) is 0 Å². The lowest BCUT2D eigenvalue weighted by atomic mass is 10.1.